The van der Waals surface area contributed by atoms with Crippen LogP contribution in [0.25, 0.3) is 0 Å². The summed E-state index contributed by atoms with van der Waals surface area (Å²) in [4.78, 5) is 15.8. The molecule has 2 rings (SSSR count). The van der Waals surface area contributed by atoms with E-state index in [0.29, 0.717) is 24.3 Å². The molecule has 0 aliphatic carbocycles. The Labute approximate surface area is 123 Å². The van der Waals surface area contributed by atoms with Gasteiger partial charge in [0, 0.05) is 18.7 Å². The van der Waals surface area contributed by atoms with Gasteiger partial charge in [-0.15, -0.1) is 0 Å². The molecule has 0 bridgehead atoms. The van der Waals surface area contributed by atoms with E-state index in [4.69, 9.17) is 0 Å². The van der Waals surface area contributed by atoms with Crippen molar-refractivity contribution >= 4 is 11.6 Å². The summed E-state index contributed by atoms with van der Waals surface area (Å²) < 4.78 is 13.5. The lowest BCUT2D eigenvalue weighted by Crippen LogP contribution is -2.24. The van der Waals surface area contributed by atoms with Gasteiger partial charge >= 0.3 is 0 Å². The standard InChI is InChI=1S/C16H18FN3O/c1-2-9-18-16(21)15-8-7-13(11-20-15)19-10-12-5-3-4-6-14(12)17/h3-8,11,19H,2,9-10H2,1H3,(H,18,21). The molecule has 1 aromatic heterocycles. The van der Waals surface area contributed by atoms with Crippen LogP contribution in [0.2, 0.25) is 0 Å². The summed E-state index contributed by atoms with van der Waals surface area (Å²) in [5, 5.41) is 5.84. The molecule has 0 saturated carbocycles. The van der Waals surface area contributed by atoms with E-state index < -0.39 is 0 Å². The van der Waals surface area contributed by atoms with Crippen LogP contribution >= 0.6 is 0 Å². The average Bonchev–Trinajstić information content (AvgIpc) is 2.52. The number of aromatic nitrogens is 1. The van der Waals surface area contributed by atoms with Crippen molar-refractivity contribution in [1.82, 2.24) is 10.3 Å². The van der Waals surface area contributed by atoms with Crippen LogP contribution in [0.5, 0.6) is 0 Å². The van der Waals surface area contributed by atoms with Crippen molar-refractivity contribution in [3.63, 3.8) is 0 Å². The fourth-order valence-electron chi connectivity index (χ4n) is 1.80. The molecule has 0 saturated heterocycles. The van der Waals surface area contributed by atoms with E-state index in [9.17, 15) is 9.18 Å². The van der Waals surface area contributed by atoms with Gasteiger partial charge < -0.3 is 10.6 Å². The molecule has 0 spiro atoms. The molecule has 4 nitrogen and oxygen atoms in total. The lowest BCUT2D eigenvalue weighted by Gasteiger charge is -2.08. The molecule has 110 valence electrons. The highest BCUT2D eigenvalue weighted by Gasteiger charge is 2.06. The predicted octanol–water partition coefficient (Wildman–Crippen LogP) is 2.97. The van der Waals surface area contributed by atoms with Crippen LogP contribution in [0, 0.1) is 5.82 Å². The van der Waals surface area contributed by atoms with E-state index in [1.807, 2.05) is 6.92 Å². The summed E-state index contributed by atoms with van der Waals surface area (Å²) in [5.41, 5.74) is 1.70. The minimum atomic E-state index is -0.242. The Balaban J connectivity index is 1.93. The third-order valence-electron chi connectivity index (χ3n) is 2.97. The number of halogens is 1. The number of carbonyl (C=O) groups excluding carboxylic acids is 1. The monoisotopic (exact) mass is 287 g/mol. The predicted molar refractivity (Wildman–Crippen MR) is 80.6 cm³/mol. The Morgan fingerprint density at radius 1 is 1.24 bits per heavy atom. The molecule has 0 radical (unpaired) electrons. The average molecular weight is 287 g/mol. The van der Waals surface area contributed by atoms with E-state index in [2.05, 4.69) is 15.6 Å². The number of rotatable bonds is 6. The zero-order chi connectivity index (χ0) is 15.1. The molecule has 2 aromatic rings. The molecule has 0 aliphatic rings. The lowest BCUT2D eigenvalue weighted by atomic mass is 10.2. The summed E-state index contributed by atoms with van der Waals surface area (Å²) in [7, 11) is 0. The number of pyridine rings is 1. The Hall–Kier alpha value is -2.43. The Morgan fingerprint density at radius 2 is 2.05 bits per heavy atom. The molecular formula is C16H18FN3O. The van der Waals surface area contributed by atoms with E-state index >= 15 is 0 Å². The zero-order valence-electron chi connectivity index (χ0n) is 11.9. The molecule has 1 aromatic carbocycles. The van der Waals surface area contributed by atoms with Crippen molar-refractivity contribution in [2.45, 2.75) is 19.9 Å². The van der Waals surface area contributed by atoms with E-state index in [1.54, 1.807) is 36.5 Å². The highest BCUT2D eigenvalue weighted by Crippen LogP contribution is 2.11. The molecule has 0 aliphatic heterocycles. The van der Waals surface area contributed by atoms with Crippen LogP contribution in [0.15, 0.2) is 42.6 Å². The summed E-state index contributed by atoms with van der Waals surface area (Å²) in [6.45, 7) is 2.99. The number of nitrogens with one attached hydrogen (secondary N) is 2. The van der Waals surface area contributed by atoms with Gasteiger partial charge in [-0.05, 0) is 24.6 Å². The quantitative estimate of drug-likeness (QED) is 0.859. The summed E-state index contributed by atoms with van der Waals surface area (Å²) in [6.07, 6.45) is 2.45. The maximum Gasteiger partial charge on any atom is 0.269 e. The van der Waals surface area contributed by atoms with Gasteiger partial charge in [-0.3, -0.25) is 4.79 Å². The first-order valence-electron chi connectivity index (χ1n) is 6.92. The third-order valence-corrected chi connectivity index (χ3v) is 2.97. The molecule has 0 atom stereocenters. The number of benzene rings is 1. The second-order valence-corrected chi connectivity index (χ2v) is 4.63. The van der Waals surface area contributed by atoms with Crippen molar-refractivity contribution in [1.29, 1.82) is 0 Å². The van der Waals surface area contributed by atoms with Gasteiger partial charge in [0.15, 0.2) is 0 Å². The SMILES string of the molecule is CCCNC(=O)c1ccc(NCc2ccccc2F)cn1. The fourth-order valence-corrected chi connectivity index (χ4v) is 1.80. The number of nitrogens with zero attached hydrogens (tertiary/aromatic N) is 1. The molecule has 5 heteroatoms. The van der Waals surface area contributed by atoms with Crippen LogP contribution in [0.4, 0.5) is 10.1 Å². The van der Waals surface area contributed by atoms with Gasteiger partial charge in [-0.1, -0.05) is 25.1 Å². The van der Waals surface area contributed by atoms with Crippen LogP contribution < -0.4 is 10.6 Å². The number of hydrogen-bond acceptors (Lipinski definition) is 3. The molecule has 2 N–H and O–H groups in total. The highest BCUT2D eigenvalue weighted by molar-refractivity contribution is 5.92. The largest absolute Gasteiger partial charge is 0.380 e. The first-order valence-corrected chi connectivity index (χ1v) is 6.92. The van der Waals surface area contributed by atoms with Crippen LogP contribution in [0.1, 0.15) is 29.4 Å². The van der Waals surface area contributed by atoms with Crippen molar-refractivity contribution in [2.75, 3.05) is 11.9 Å². The van der Waals surface area contributed by atoms with Crippen molar-refractivity contribution in [3.8, 4) is 0 Å². The van der Waals surface area contributed by atoms with Crippen molar-refractivity contribution < 1.29 is 9.18 Å². The minimum Gasteiger partial charge on any atom is -0.380 e. The number of carbonyl (C=O) groups is 1. The molecule has 0 fully saturated rings. The highest BCUT2D eigenvalue weighted by atomic mass is 19.1. The zero-order valence-corrected chi connectivity index (χ0v) is 11.9. The smallest absolute Gasteiger partial charge is 0.269 e. The summed E-state index contributed by atoms with van der Waals surface area (Å²) in [5.74, 6) is -0.425. The first kappa shape index (κ1) is 15.0. The second kappa shape index (κ2) is 7.38. The summed E-state index contributed by atoms with van der Waals surface area (Å²) >= 11 is 0. The minimum absolute atomic E-state index is 0.183. The topological polar surface area (TPSA) is 54.0 Å². The maximum absolute atomic E-state index is 13.5. The third kappa shape index (κ3) is 4.27. The fraction of sp³-hybridized carbons (Fsp3) is 0.250. The molecule has 1 amide bonds. The van der Waals surface area contributed by atoms with Gasteiger partial charge in [-0.2, -0.15) is 0 Å². The molecule has 21 heavy (non-hydrogen) atoms. The van der Waals surface area contributed by atoms with Gasteiger partial charge in [0.05, 0.1) is 11.9 Å². The second-order valence-electron chi connectivity index (χ2n) is 4.63. The van der Waals surface area contributed by atoms with Crippen LogP contribution in [0.3, 0.4) is 0 Å². The number of anilines is 1. The molecule has 1 heterocycles. The van der Waals surface area contributed by atoms with E-state index in [-0.39, 0.29) is 11.7 Å². The van der Waals surface area contributed by atoms with Crippen LogP contribution in [-0.4, -0.2) is 17.4 Å². The van der Waals surface area contributed by atoms with Gasteiger partial charge in [0.25, 0.3) is 5.91 Å². The Kier molecular flexibility index (Phi) is 5.26. The number of amides is 1. The Morgan fingerprint density at radius 3 is 2.71 bits per heavy atom. The Bertz CT molecular complexity index is 599. The van der Waals surface area contributed by atoms with Gasteiger partial charge in [0.2, 0.25) is 0 Å². The molecular weight excluding hydrogens is 269 g/mol. The first-order chi connectivity index (χ1) is 10.2. The van der Waals surface area contributed by atoms with Crippen molar-refractivity contribution in [3.05, 3.63) is 59.7 Å². The van der Waals surface area contributed by atoms with Gasteiger partial charge in [-0.25, -0.2) is 9.37 Å². The van der Waals surface area contributed by atoms with Crippen molar-refractivity contribution in [2.24, 2.45) is 0 Å². The maximum atomic E-state index is 13.5. The van der Waals surface area contributed by atoms with Gasteiger partial charge in [0.1, 0.15) is 11.5 Å². The van der Waals surface area contributed by atoms with E-state index in [0.717, 1.165) is 12.1 Å². The molecule has 0 unspecified atom stereocenters. The number of hydrogen-bond donors (Lipinski definition) is 2. The lowest BCUT2D eigenvalue weighted by molar-refractivity contribution is 0.0949. The normalized spacial score (nSPS) is 10.2. The van der Waals surface area contributed by atoms with E-state index in [1.165, 1.54) is 6.07 Å². The van der Waals surface area contributed by atoms with Crippen LogP contribution in [-0.2, 0) is 6.54 Å². The summed E-state index contributed by atoms with van der Waals surface area (Å²) in [6, 6.07) is 10.0.